The second-order valence-electron chi connectivity index (χ2n) is 7.49. The smallest absolute Gasteiger partial charge is 0.191 e. The topological polar surface area (TPSA) is 63.5 Å². The Morgan fingerprint density at radius 2 is 2.07 bits per heavy atom. The van der Waals surface area contributed by atoms with E-state index in [-0.39, 0.29) is 0 Å². The maximum atomic E-state index is 5.99. The lowest BCUT2D eigenvalue weighted by molar-refractivity contribution is 0.297. The van der Waals surface area contributed by atoms with Gasteiger partial charge in [0.25, 0.3) is 0 Å². The van der Waals surface area contributed by atoms with E-state index in [1.807, 2.05) is 25.1 Å². The third-order valence-corrected chi connectivity index (χ3v) is 4.84. The first-order valence-electron chi connectivity index (χ1n) is 10.4. The van der Waals surface area contributed by atoms with Gasteiger partial charge >= 0.3 is 0 Å². The van der Waals surface area contributed by atoms with Crippen LogP contribution in [-0.2, 0) is 13.1 Å². The van der Waals surface area contributed by atoms with E-state index in [1.54, 1.807) is 0 Å². The van der Waals surface area contributed by atoms with E-state index in [9.17, 15) is 0 Å². The van der Waals surface area contributed by atoms with E-state index >= 15 is 0 Å². The first-order valence-corrected chi connectivity index (χ1v) is 10.4. The molecule has 1 aliphatic rings. The molecule has 2 N–H and O–H groups in total. The molecule has 28 heavy (non-hydrogen) atoms. The number of rotatable bonds is 10. The molecule has 152 valence electrons. The molecule has 0 unspecified atom stereocenters. The van der Waals surface area contributed by atoms with Gasteiger partial charge in [-0.05, 0) is 58.1 Å². The average molecular weight is 384 g/mol. The van der Waals surface area contributed by atoms with Crippen molar-refractivity contribution in [2.24, 2.45) is 10.9 Å². The molecule has 0 bridgehead atoms. The highest BCUT2D eigenvalue weighted by atomic mass is 16.5. The summed E-state index contributed by atoms with van der Waals surface area (Å²) in [5, 5.41) is 11.3. The van der Waals surface area contributed by atoms with Gasteiger partial charge in [-0.2, -0.15) is 5.10 Å². The van der Waals surface area contributed by atoms with Gasteiger partial charge < -0.3 is 15.4 Å². The summed E-state index contributed by atoms with van der Waals surface area (Å²) in [6, 6.07) is 10.3. The number of nitrogens with zero attached hydrogens (tertiary/aromatic N) is 3. The van der Waals surface area contributed by atoms with Crippen LogP contribution < -0.4 is 15.4 Å². The zero-order valence-electron chi connectivity index (χ0n) is 17.4. The number of ether oxygens (including phenoxy) is 1. The molecule has 1 aromatic carbocycles. The largest absolute Gasteiger partial charge is 0.493 e. The predicted molar refractivity (Wildman–Crippen MR) is 114 cm³/mol. The van der Waals surface area contributed by atoms with Crippen LogP contribution in [0.4, 0.5) is 0 Å². The van der Waals surface area contributed by atoms with Crippen molar-refractivity contribution in [3.8, 4) is 5.75 Å². The summed E-state index contributed by atoms with van der Waals surface area (Å²) >= 11 is 0. The van der Waals surface area contributed by atoms with Gasteiger partial charge in [0, 0.05) is 30.9 Å². The Hall–Kier alpha value is -2.50. The van der Waals surface area contributed by atoms with Crippen molar-refractivity contribution in [2.75, 3.05) is 19.7 Å². The molecule has 1 fully saturated rings. The number of guanidine groups is 1. The molecule has 6 nitrogen and oxygen atoms in total. The molecular formula is C22H33N5O. The summed E-state index contributed by atoms with van der Waals surface area (Å²) in [6.45, 7) is 10.2. The van der Waals surface area contributed by atoms with Crippen LogP contribution in [-0.4, -0.2) is 35.4 Å². The summed E-state index contributed by atoms with van der Waals surface area (Å²) in [5.41, 5.74) is 3.41. The number of hydrogen-bond donors (Lipinski definition) is 2. The van der Waals surface area contributed by atoms with Gasteiger partial charge in [0.2, 0.25) is 0 Å². The van der Waals surface area contributed by atoms with Gasteiger partial charge in [0.1, 0.15) is 5.75 Å². The molecule has 1 aliphatic carbocycles. The van der Waals surface area contributed by atoms with E-state index in [4.69, 9.17) is 9.73 Å². The van der Waals surface area contributed by atoms with Crippen molar-refractivity contribution in [1.82, 2.24) is 20.4 Å². The summed E-state index contributed by atoms with van der Waals surface area (Å²) in [4.78, 5) is 4.75. The molecule has 0 radical (unpaired) electrons. The monoisotopic (exact) mass is 383 g/mol. The maximum Gasteiger partial charge on any atom is 0.191 e. The van der Waals surface area contributed by atoms with E-state index in [2.05, 4.69) is 46.4 Å². The van der Waals surface area contributed by atoms with E-state index in [1.165, 1.54) is 18.5 Å². The van der Waals surface area contributed by atoms with Crippen LogP contribution in [0.2, 0.25) is 0 Å². The first-order chi connectivity index (χ1) is 13.7. The molecule has 6 heteroatoms. The molecule has 1 aromatic heterocycles. The van der Waals surface area contributed by atoms with Crippen LogP contribution in [0.3, 0.4) is 0 Å². The minimum absolute atomic E-state index is 0.605. The van der Waals surface area contributed by atoms with Crippen LogP contribution in [0, 0.1) is 19.8 Å². The number of para-hydroxylation sites is 1. The van der Waals surface area contributed by atoms with E-state index in [0.29, 0.717) is 6.54 Å². The summed E-state index contributed by atoms with van der Waals surface area (Å²) in [6.07, 6.45) is 3.59. The number of nitrogens with one attached hydrogen (secondary N) is 2. The molecule has 0 atom stereocenters. The van der Waals surface area contributed by atoms with Crippen molar-refractivity contribution < 1.29 is 4.74 Å². The third kappa shape index (κ3) is 6.29. The number of benzene rings is 1. The molecule has 2 aromatic rings. The van der Waals surface area contributed by atoms with Gasteiger partial charge in [-0.15, -0.1) is 0 Å². The van der Waals surface area contributed by atoms with Gasteiger partial charge in [0.05, 0.1) is 18.8 Å². The first kappa shape index (κ1) is 20.2. The number of aliphatic imine (C=N–C) groups is 1. The second-order valence-corrected chi connectivity index (χ2v) is 7.49. The lowest BCUT2D eigenvalue weighted by atomic mass is 10.2. The Morgan fingerprint density at radius 1 is 1.25 bits per heavy atom. The number of aromatic nitrogens is 2. The summed E-state index contributed by atoms with van der Waals surface area (Å²) < 4.78 is 8.06. The Balaban J connectivity index is 1.50. The fraction of sp³-hybridized carbons (Fsp3) is 0.545. The Morgan fingerprint density at radius 3 is 2.79 bits per heavy atom. The molecule has 0 spiro atoms. The van der Waals surface area contributed by atoms with Crippen molar-refractivity contribution in [3.63, 3.8) is 0 Å². The minimum atomic E-state index is 0.605. The van der Waals surface area contributed by atoms with E-state index < -0.39 is 0 Å². The lowest BCUT2D eigenvalue weighted by Gasteiger charge is -2.13. The van der Waals surface area contributed by atoms with Gasteiger partial charge in [-0.3, -0.25) is 4.68 Å². The Bertz CT molecular complexity index is 779. The zero-order valence-corrected chi connectivity index (χ0v) is 17.4. The van der Waals surface area contributed by atoms with Gasteiger partial charge in [0.15, 0.2) is 5.96 Å². The minimum Gasteiger partial charge on any atom is -0.493 e. The van der Waals surface area contributed by atoms with Crippen molar-refractivity contribution in [3.05, 3.63) is 47.3 Å². The molecule has 0 amide bonds. The number of aryl methyl sites for hydroxylation is 3. The molecule has 0 aliphatic heterocycles. The standard InChI is InChI=1S/C22H33N5O/c1-4-23-22(24-12-7-13-27-18(3)14-17(2)26-27)25-15-20-8-5-6-9-21(20)28-16-19-10-11-19/h5-6,8-9,14,19H,4,7,10-13,15-16H2,1-3H3,(H2,23,24,25). The lowest BCUT2D eigenvalue weighted by Crippen LogP contribution is -2.38. The van der Waals surface area contributed by atoms with Crippen molar-refractivity contribution in [1.29, 1.82) is 0 Å². The van der Waals surface area contributed by atoms with Crippen LogP contribution in [0.15, 0.2) is 35.3 Å². The zero-order chi connectivity index (χ0) is 19.8. The predicted octanol–water partition coefficient (Wildman–Crippen LogP) is 3.43. The fourth-order valence-corrected chi connectivity index (χ4v) is 3.11. The highest BCUT2D eigenvalue weighted by Crippen LogP contribution is 2.30. The van der Waals surface area contributed by atoms with Gasteiger partial charge in [-0.1, -0.05) is 18.2 Å². The third-order valence-electron chi connectivity index (χ3n) is 4.84. The van der Waals surface area contributed by atoms with Crippen molar-refractivity contribution >= 4 is 5.96 Å². The number of hydrogen-bond acceptors (Lipinski definition) is 3. The highest BCUT2D eigenvalue weighted by Gasteiger charge is 2.22. The SMILES string of the molecule is CCNC(=NCc1ccccc1OCC1CC1)NCCCn1nc(C)cc1C. The molecular weight excluding hydrogens is 350 g/mol. The quantitative estimate of drug-likeness (QED) is 0.375. The average Bonchev–Trinajstić information content (AvgIpc) is 3.46. The fourth-order valence-electron chi connectivity index (χ4n) is 3.11. The molecule has 3 rings (SSSR count). The normalized spacial score (nSPS) is 14.2. The summed E-state index contributed by atoms with van der Waals surface area (Å²) in [5.74, 6) is 2.55. The highest BCUT2D eigenvalue weighted by molar-refractivity contribution is 5.79. The van der Waals surface area contributed by atoms with Crippen LogP contribution in [0.25, 0.3) is 0 Å². The van der Waals surface area contributed by atoms with Crippen LogP contribution in [0.1, 0.15) is 43.1 Å². The maximum absolute atomic E-state index is 5.99. The van der Waals surface area contributed by atoms with E-state index in [0.717, 1.165) is 61.5 Å². The second kappa shape index (κ2) is 10.2. The molecule has 1 heterocycles. The molecule has 0 saturated heterocycles. The Labute approximate surface area is 168 Å². The van der Waals surface area contributed by atoms with Crippen LogP contribution in [0.5, 0.6) is 5.75 Å². The van der Waals surface area contributed by atoms with Crippen LogP contribution >= 0.6 is 0 Å². The molecule has 1 saturated carbocycles. The van der Waals surface area contributed by atoms with Crippen molar-refractivity contribution in [2.45, 2.75) is 53.1 Å². The van der Waals surface area contributed by atoms with Gasteiger partial charge in [-0.25, -0.2) is 4.99 Å². The Kier molecular flexibility index (Phi) is 7.34. The summed E-state index contributed by atoms with van der Waals surface area (Å²) in [7, 11) is 0.